The normalized spacial score (nSPS) is 13.2. The smallest absolute Gasteiger partial charge is 0.194 e. The third kappa shape index (κ3) is 1.87. The van der Waals surface area contributed by atoms with Gasteiger partial charge in [-0.15, -0.1) is 0 Å². The minimum absolute atomic E-state index is 0.198. The lowest BCUT2D eigenvalue weighted by atomic mass is 10.4. The van der Waals surface area contributed by atoms with Crippen LogP contribution in [0.15, 0.2) is 35.2 Å². The van der Waals surface area contributed by atoms with Gasteiger partial charge in [0.15, 0.2) is 9.84 Å². The minimum Gasteiger partial charge on any atom is -0.222 e. The molecule has 0 bridgehead atoms. The van der Waals surface area contributed by atoms with Crippen molar-refractivity contribution in [3.63, 3.8) is 0 Å². The van der Waals surface area contributed by atoms with E-state index in [1.54, 1.807) is 24.3 Å². The van der Waals surface area contributed by atoms with Gasteiger partial charge in [0.2, 0.25) is 0 Å². The minimum atomic E-state index is -3.45. The fourth-order valence-corrected chi connectivity index (χ4v) is 1.97. The monoisotopic (exact) mass is 195 g/mol. The molecule has 0 amide bonds. The Morgan fingerprint density at radius 1 is 1.31 bits per heavy atom. The van der Waals surface area contributed by atoms with Gasteiger partial charge in [0, 0.05) is 0 Å². The van der Waals surface area contributed by atoms with E-state index in [0.29, 0.717) is 0 Å². The van der Waals surface area contributed by atoms with E-state index in [9.17, 15) is 8.42 Å². The average molecular weight is 195 g/mol. The highest BCUT2D eigenvalue weighted by molar-refractivity contribution is 7.92. The van der Waals surface area contributed by atoms with Crippen LogP contribution >= 0.6 is 0 Å². The van der Waals surface area contributed by atoms with Crippen LogP contribution in [0.1, 0.15) is 6.92 Å². The zero-order valence-corrected chi connectivity index (χ0v) is 7.95. The van der Waals surface area contributed by atoms with Gasteiger partial charge in [-0.3, -0.25) is 0 Å². The third-order valence-corrected chi connectivity index (χ3v) is 3.68. The topological polar surface area (TPSA) is 57.9 Å². The first kappa shape index (κ1) is 9.75. The Morgan fingerprint density at radius 3 is 2.31 bits per heavy atom. The molecule has 1 unspecified atom stereocenters. The molecule has 68 valence electrons. The lowest BCUT2D eigenvalue weighted by molar-refractivity contribution is 0.592. The first-order valence-corrected chi connectivity index (χ1v) is 5.32. The summed E-state index contributed by atoms with van der Waals surface area (Å²) in [6.07, 6.45) is 0. The highest BCUT2D eigenvalue weighted by Gasteiger charge is 2.21. The summed E-state index contributed by atoms with van der Waals surface area (Å²) in [5, 5.41) is 7.51. The number of nitriles is 1. The fourth-order valence-electron chi connectivity index (χ4n) is 0.884. The van der Waals surface area contributed by atoms with Crippen molar-refractivity contribution in [2.24, 2.45) is 0 Å². The van der Waals surface area contributed by atoms with E-state index >= 15 is 0 Å². The van der Waals surface area contributed by atoms with Crippen molar-refractivity contribution in [3.05, 3.63) is 30.3 Å². The van der Waals surface area contributed by atoms with Crippen molar-refractivity contribution in [3.8, 4) is 6.07 Å². The van der Waals surface area contributed by atoms with Gasteiger partial charge in [-0.2, -0.15) is 5.26 Å². The molecule has 1 aromatic rings. The first-order chi connectivity index (χ1) is 6.09. The van der Waals surface area contributed by atoms with Crippen molar-refractivity contribution in [1.82, 2.24) is 0 Å². The fraction of sp³-hybridized carbons (Fsp3) is 0.222. The van der Waals surface area contributed by atoms with Crippen molar-refractivity contribution in [2.45, 2.75) is 17.1 Å². The Bertz CT molecular complexity index is 417. The molecular formula is C9H9NO2S. The predicted octanol–water partition coefficient (Wildman–Crippen LogP) is 1.37. The second-order valence-electron chi connectivity index (χ2n) is 2.63. The highest BCUT2D eigenvalue weighted by Crippen LogP contribution is 2.14. The van der Waals surface area contributed by atoms with E-state index < -0.39 is 15.1 Å². The summed E-state index contributed by atoms with van der Waals surface area (Å²) in [7, 11) is -3.45. The molecule has 0 aliphatic heterocycles. The van der Waals surface area contributed by atoms with Crippen molar-refractivity contribution < 1.29 is 8.42 Å². The second-order valence-corrected chi connectivity index (χ2v) is 4.90. The van der Waals surface area contributed by atoms with E-state index in [0.717, 1.165) is 0 Å². The number of hydrogen-bond donors (Lipinski definition) is 0. The molecule has 1 aromatic carbocycles. The maximum absolute atomic E-state index is 11.5. The van der Waals surface area contributed by atoms with Gasteiger partial charge >= 0.3 is 0 Å². The number of benzene rings is 1. The number of nitrogens with zero attached hydrogens (tertiary/aromatic N) is 1. The molecule has 13 heavy (non-hydrogen) atoms. The largest absolute Gasteiger partial charge is 0.222 e. The Hall–Kier alpha value is -1.34. The summed E-state index contributed by atoms with van der Waals surface area (Å²) < 4.78 is 23.1. The van der Waals surface area contributed by atoms with Crippen LogP contribution in [-0.4, -0.2) is 13.7 Å². The van der Waals surface area contributed by atoms with Gasteiger partial charge in [-0.25, -0.2) is 8.42 Å². The van der Waals surface area contributed by atoms with E-state index in [-0.39, 0.29) is 4.90 Å². The Morgan fingerprint density at radius 2 is 1.85 bits per heavy atom. The van der Waals surface area contributed by atoms with Crippen molar-refractivity contribution in [2.75, 3.05) is 0 Å². The summed E-state index contributed by atoms with van der Waals surface area (Å²) in [4.78, 5) is 0.198. The van der Waals surface area contributed by atoms with Crippen LogP contribution in [0, 0.1) is 11.3 Å². The summed E-state index contributed by atoms with van der Waals surface area (Å²) >= 11 is 0. The Labute approximate surface area is 77.5 Å². The van der Waals surface area contributed by atoms with Crippen LogP contribution in [0.25, 0.3) is 0 Å². The lowest BCUT2D eigenvalue weighted by Gasteiger charge is -2.04. The molecule has 1 atom stereocenters. The average Bonchev–Trinajstić information content (AvgIpc) is 2.18. The van der Waals surface area contributed by atoms with Gasteiger partial charge in [-0.05, 0) is 19.1 Å². The number of hydrogen-bond acceptors (Lipinski definition) is 3. The summed E-state index contributed by atoms with van der Waals surface area (Å²) in [6, 6.07) is 9.70. The first-order valence-electron chi connectivity index (χ1n) is 3.77. The molecule has 4 heteroatoms. The summed E-state index contributed by atoms with van der Waals surface area (Å²) in [5.74, 6) is 0. The molecule has 0 N–H and O–H groups in total. The van der Waals surface area contributed by atoms with Crippen molar-refractivity contribution in [1.29, 1.82) is 5.26 Å². The van der Waals surface area contributed by atoms with Crippen LogP contribution in [-0.2, 0) is 9.84 Å². The van der Waals surface area contributed by atoms with Crippen LogP contribution in [0.5, 0.6) is 0 Å². The van der Waals surface area contributed by atoms with Gasteiger partial charge in [0.25, 0.3) is 0 Å². The molecule has 0 saturated carbocycles. The van der Waals surface area contributed by atoms with Crippen LogP contribution in [0.3, 0.4) is 0 Å². The maximum Gasteiger partial charge on any atom is 0.194 e. The van der Waals surface area contributed by atoms with Crippen LogP contribution in [0.4, 0.5) is 0 Å². The van der Waals surface area contributed by atoms with Gasteiger partial charge in [0.1, 0.15) is 5.25 Å². The van der Waals surface area contributed by atoms with Gasteiger partial charge in [0.05, 0.1) is 11.0 Å². The Balaban J connectivity index is 3.19. The van der Waals surface area contributed by atoms with Gasteiger partial charge in [-0.1, -0.05) is 18.2 Å². The standard InChI is InChI=1S/C9H9NO2S/c1-8(7-10)13(11,12)9-5-3-2-4-6-9/h2-6,8H,1H3. The molecule has 0 aromatic heterocycles. The SMILES string of the molecule is CC(C#N)S(=O)(=O)c1ccccc1. The Kier molecular flexibility index (Phi) is 2.69. The summed E-state index contributed by atoms with van der Waals surface area (Å²) in [5.41, 5.74) is 0. The quantitative estimate of drug-likeness (QED) is 0.716. The molecular weight excluding hydrogens is 186 g/mol. The second kappa shape index (κ2) is 3.58. The lowest BCUT2D eigenvalue weighted by Crippen LogP contribution is -2.15. The van der Waals surface area contributed by atoms with E-state index in [1.165, 1.54) is 19.1 Å². The molecule has 0 aliphatic rings. The van der Waals surface area contributed by atoms with Gasteiger partial charge < -0.3 is 0 Å². The molecule has 0 spiro atoms. The summed E-state index contributed by atoms with van der Waals surface area (Å²) in [6.45, 7) is 1.38. The number of rotatable bonds is 2. The number of sulfone groups is 1. The zero-order chi connectivity index (χ0) is 9.90. The predicted molar refractivity (Wildman–Crippen MR) is 48.7 cm³/mol. The molecule has 0 radical (unpaired) electrons. The molecule has 1 rings (SSSR count). The van der Waals surface area contributed by atoms with Crippen LogP contribution in [0.2, 0.25) is 0 Å². The van der Waals surface area contributed by atoms with E-state index in [4.69, 9.17) is 5.26 Å². The molecule has 0 fully saturated rings. The molecule has 3 nitrogen and oxygen atoms in total. The van der Waals surface area contributed by atoms with Crippen molar-refractivity contribution >= 4 is 9.84 Å². The molecule has 0 aliphatic carbocycles. The highest BCUT2D eigenvalue weighted by atomic mass is 32.2. The third-order valence-electron chi connectivity index (χ3n) is 1.72. The zero-order valence-electron chi connectivity index (χ0n) is 7.14. The molecule has 0 saturated heterocycles. The maximum atomic E-state index is 11.5. The molecule has 0 heterocycles. The van der Waals surface area contributed by atoms with E-state index in [2.05, 4.69) is 0 Å². The van der Waals surface area contributed by atoms with E-state index in [1.807, 2.05) is 0 Å². The van der Waals surface area contributed by atoms with Crippen LogP contribution < -0.4 is 0 Å².